The number of hydrogen-bond donors (Lipinski definition) is 0. The van der Waals surface area contributed by atoms with Crippen LogP contribution in [0, 0.1) is 11.3 Å². The van der Waals surface area contributed by atoms with Crippen LogP contribution in [0.25, 0.3) is 0 Å². The lowest BCUT2D eigenvalue weighted by Gasteiger charge is -2.42. The van der Waals surface area contributed by atoms with E-state index in [1.807, 2.05) is 30.3 Å². The summed E-state index contributed by atoms with van der Waals surface area (Å²) in [5.74, 6) is -0.318. The number of hydrogen-bond acceptors (Lipinski definition) is 6. The molecule has 1 aromatic heterocycles. The van der Waals surface area contributed by atoms with Gasteiger partial charge in [-0.15, -0.1) is 0 Å². The van der Waals surface area contributed by atoms with Gasteiger partial charge < -0.3 is 14.5 Å². The number of aromatic nitrogens is 2. The van der Waals surface area contributed by atoms with Gasteiger partial charge in [0.05, 0.1) is 42.6 Å². The van der Waals surface area contributed by atoms with Crippen molar-refractivity contribution in [2.24, 2.45) is 0 Å². The third-order valence-corrected chi connectivity index (χ3v) is 5.74. The molecule has 4 rings (SSSR count). The topological polar surface area (TPSA) is 82.4 Å². The minimum absolute atomic E-state index is 0.180. The fourth-order valence-corrected chi connectivity index (χ4v) is 4.00. The highest BCUT2D eigenvalue weighted by atomic mass is 19.4. The zero-order valence-electron chi connectivity index (χ0n) is 18.7. The molecule has 1 saturated heterocycles. The molecule has 1 unspecified atom stereocenters. The van der Waals surface area contributed by atoms with Gasteiger partial charge in [-0.05, 0) is 23.8 Å². The van der Waals surface area contributed by atoms with Crippen LogP contribution in [0.15, 0.2) is 67.1 Å². The number of nitrogens with zero attached hydrogens (tertiary/aromatic N) is 5. The molecule has 1 atom stereocenters. The highest BCUT2D eigenvalue weighted by Gasteiger charge is 2.36. The van der Waals surface area contributed by atoms with Crippen molar-refractivity contribution in [3.8, 4) is 6.07 Å². The van der Waals surface area contributed by atoms with Gasteiger partial charge >= 0.3 is 6.18 Å². The standard InChI is InChI=1S/C25H22F3N5O2/c26-25(27,28)22-12-20(7-6-19(22)13-29)32-10-11-33(24(34)23-14-30-8-9-31-23)21(15-32)17-35-16-18-4-2-1-3-5-18/h1-9,12,14,21H,10-11,15-17H2. The van der Waals surface area contributed by atoms with Crippen LogP contribution in [0.1, 0.15) is 27.2 Å². The van der Waals surface area contributed by atoms with Crippen molar-refractivity contribution in [1.29, 1.82) is 5.26 Å². The molecular weight excluding hydrogens is 459 g/mol. The molecular formula is C25H22F3N5O2. The van der Waals surface area contributed by atoms with Crippen LogP contribution in [0.3, 0.4) is 0 Å². The molecule has 0 radical (unpaired) electrons. The number of ether oxygens (including phenoxy) is 1. The maximum absolute atomic E-state index is 13.5. The first-order chi connectivity index (χ1) is 16.9. The second kappa shape index (κ2) is 10.5. The summed E-state index contributed by atoms with van der Waals surface area (Å²) in [6.45, 7) is 1.34. The van der Waals surface area contributed by atoms with Crippen LogP contribution < -0.4 is 4.90 Å². The third kappa shape index (κ3) is 5.75. The summed E-state index contributed by atoms with van der Waals surface area (Å²) in [6, 6.07) is 14.4. The van der Waals surface area contributed by atoms with Gasteiger partial charge in [-0.3, -0.25) is 9.78 Å². The zero-order valence-corrected chi connectivity index (χ0v) is 18.7. The average Bonchev–Trinajstić information content (AvgIpc) is 2.88. The number of benzene rings is 2. The molecule has 3 aromatic rings. The fraction of sp³-hybridized carbons (Fsp3) is 0.280. The van der Waals surface area contributed by atoms with Crippen LogP contribution in [-0.2, 0) is 17.5 Å². The van der Waals surface area contributed by atoms with E-state index in [4.69, 9.17) is 10.00 Å². The average molecular weight is 481 g/mol. The molecule has 0 saturated carbocycles. The Labute approximate surface area is 200 Å². The van der Waals surface area contributed by atoms with E-state index < -0.39 is 23.3 Å². The Hall–Kier alpha value is -3.97. The SMILES string of the molecule is N#Cc1ccc(N2CCN(C(=O)c3cnccn3)C(COCc3ccccc3)C2)cc1C(F)(F)F. The number of amides is 1. The van der Waals surface area contributed by atoms with E-state index in [9.17, 15) is 18.0 Å². The third-order valence-electron chi connectivity index (χ3n) is 5.74. The first-order valence-electron chi connectivity index (χ1n) is 10.9. The number of anilines is 1. The highest BCUT2D eigenvalue weighted by molar-refractivity contribution is 5.92. The predicted molar refractivity (Wildman–Crippen MR) is 121 cm³/mol. The van der Waals surface area contributed by atoms with E-state index in [-0.39, 0.29) is 31.3 Å². The molecule has 2 aromatic carbocycles. The summed E-state index contributed by atoms with van der Waals surface area (Å²) in [7, 11) is 0. The Morgan fingerprint density at radius 2 is 1.94 bits per heavy atom. The van der Waals surface area contributed by atoms with Gasteiger partial charge in [0, 0.05) is 37.7 Å². The first-order valence-corrected chi connectivity index (χ1v) is 10.9. The molecule has 10 heteroatoms. The number of piperazine rings is 1. The van der Waals surface area contributed by atoms with Crippen molar-refractivity contribution in [3.05, 3.63) is 89.5 Å². The van der Waals surface area contributed by atoms with Crippen molar-refractivity contribution in [2.45, 2.75) is 18.8 Å². The number of rotatable bonds is 6. The summed E-state index contributed by atoms with van der Waals surface area (Å²) in [4.78, 5) is 24.6. The molecule has 1 fully saturated rings. The molecule has 0 spiro atoms. The van der Waals surface area contributed by atoms with E-state index in [1.54, 1.807) is 15.9 Å². The highest BCUT2D eigenvalue weighted by Crippen LogP contribution is 2.35. The van der Waals surface area contributed by atoms with Crippen LogP contribution in [-0.4, -0.2) is 53.1 Å². The quantitative estimate of drug-likeness (QED) is 0.531. The first kappa shape index (κ1) is 24.2. The minimum atomic E-state index is -4.65. The number of carbonyl (C=O) groups is 1. The van der Waals surface area contributed by atoms with Gasteiger partial charge in [-0.1, -0.05) is 30.3 Å². The Morgan fingerprint density at radius 3 is 2.63 bits per heavy atom. The van der Waals surface area contributed by atoms with Gasteiger partial charge in [0.15, 0.2) is 0 Å². The van der Waals surface area contributed by atoms with Crippen molar-refractivity contribution in [1.82, 2.24) is 14.9 Å². The minimum Gasteiger partial charge on any atom is -0.375 e. The van der Waals surface area contributed by atoms with Crippen molar-refractivity contribution < 1.29 is 22.7 Å². The van der Waals surface area contributed by atoms with E-state index in [0.29, 0.717) is 18.8 Å². The smallest absolute Gasteiger partial charge is 0.375 e. The lowest BCUT2D eigenvalue weighted by molar-refractivity contribution is -0.137. The Kier molecular flexibility index (Phi) is 7.27. The molecule has 0 bridgehead atoms. The Balaban J connectivity index is 1.55. The molecule has 180 valence electrons. The second-order valence-corrected chi connectivity index (χ2v) is 8.03. The van der Waals surface area contributed by atoms with Crippen molar-refractivity contribution >= 4 is 11.6 Å². The molecule has 0 N–H and O–H groups in total. The number of alkyl halides is 3. The van der Waals surface area contributed by atoms with Gasteiger partial charge in [-0.25, -0.2) is 4.98 Å². The van der Waals surface area contributed by atoms with Gasteiger partial charge in [0.1, 0.15) is 5.69 Å². The predicted octanol–water partition coefficient (Wildman–Crippen LogP) is 3.91. The van der Waals surface area contributed by atoms with Crippen LogP contribution >= 0.6 is 0 Å². The van der Waals surface area contributed by atoms with E-state index in [2.05, 4.69) is 9.97 Å². The molecule has 7 nitrogen and oxygen atoms in total. The fourth-order valence-electron chi connectivity index (χ4n) is 4.00. The molecule has 2 heterocycles. The molecule has 1 amide bonds. The number of carbonyl (C=O) groups excluding carboxylic acids is 1. The lowest BCUT2D eigenvalue weighted by atomic mass is 10.0. The second-order valence-electron chi connectivity index (χ2n) is 8.03. The van der Waals surface area contributed by atoms with Crippen LogP contribution in [0.2, 0.25) is 0 Å². The van der Waals surface area contributed by atoms with E-state index in [0.717, 1.165) is 11.6 Å². The number of nitriles is 1. The van der Waals surface area contributed by atoms with E-state index >= 15 is 0 Å². The largest absolute Gasteiger partial charge is 0.417 e. The summed E-state index contributed by atoms with van der Waals surface area (Å²) in [6.07, 6.45) is -0.367. The maximum Gasteiger partial charge on any atom is 0.417 e. The Bertz CT molecular complexity index is 1200. The summed E-state index contributed by atoms with van der Waals surface area (Å²) < 4.78 is 46.4. The normalized spacial score (nSPS) is 16.1. The van der Waals surface area contributed by atoms with Crippen LogP contribution in [0.4, 0.5) is 18.9 Å². The lowest BCUT2D eigenvalue weighted by Crippen LogP contribution is -2.57. The molecule has 35 heavy (non-hydrogen) atoms. The number of halogens is 3. The molecule has 1 aliphatic heterocycles. The maximum atomic E-state index is 13.5. The summed E-state index contributed by atoms with van der Waals surface area (Å²) >= 11 is 0. The monoisotopic (exact) mass is 481 g/mol. The van der Waals surface area contributed by atoms with Crippen molar-refractivity contribution in [3.63, 3.8) is 0 Å². The van der Waals surface area contributed by atoms with Gasteiger partial charge in [0.2, 0.25) is 0 Å². The molecule has 1 aliphatic rings. The van der Waals surface area contributed by atoms with Gasteiger partial charge in [-0.2, -0.15) is 18.4 Å². The van der Waals surface area contributed by atoms with Crippen molar-refractivity contribution in [2.75, 3.05) is 31.1 Å². The summed E-state index contributed by atoms with van der Waals surface area (Å²) in [5.41, 5.74) is 0.0736. The van der Waals surface area contributed by atoms with Gasteiger partial charge in [0.25, 0.3) is 5.91 Å². The van der Waals surface area contributed by atoms with E-state index in [1.165, 1.54) is 30.7 Å². The summed E-state index contributed by atoms with van der Waals surface area (Å²) in [5, 5.41) is 9.08. The Morgan fingerprint density at radius 1 is 1.14 bits per heavy atom. The zero-order chi connectivity index (χ0) is 24.8. The molecule has 0 aliphatic carbocycles. The van der Waals surface area contributed by atoms with Crippen LogP contribution in [0.5, 0.6) is 0 Å².